The van der Waals surface area contributed by atoms with E-state index in [0.29, 0.717) is 19.5 Å². The lowest BCUT2D eigenvalue weighted by atomic mass is 9.97. The number of nitrogens with one attached hydrogen (secondary N) is 2. The fourth-order valence-corrected chi connectivity index (χ4v) is 2.31. The highest BCUT2D eigenvalue weighted by atomic mass is 32.2. The van der Waals surface area contributed by atoms with Crippen molar-refractivity contribution in [3.05, 3.63) is 0 Å². The van der Waals surface area contributed by atoms with Crippen LogP contribution in [0.15, 0.2) is 0 Å². The third kappa shape index (κ3) is 3.60. The molecule has 6 nitrogen and oxygen atoms in total. The van der Waals surface area contributed by atoms with Crippen molar-refractivity contribution >= 4 is 16.0 Å². The lowest BCUT2D eigenvalue weighted by Crippen LogP contribution is -2.50. The second-order valence-corrected chi connectivity index (χ2v) is 5.30. The minimum absolute atomic E-state index is 0.320. The summed E-state index contributed by atoms with van der Waals surface area (Å²) in [6.45, 7) is 0.883. The molecule has 1 heterocycles. The van der Waals surface area contributed by atoms with Crippen molar-refractivity contribution in [1.82, 2.24) is 10.0 Å². The van der Waals surface area contributed by atoms with Gasteiger partial charge in [0.2, 0.25) is 10.0 Å². The van der Waals surface area contributed by atoms with Crippen LogP contribution in [0.3, 0.4) is 0 Å². The molecule has 2 atom stereocenters. The van der Waals surface area contributed by atoms with Gasteiger partial charge in [-0.1, -0.05) is 0 Å². The molecule has 14 heavy (non-hydrogen) atoms. The summed E-state index contributed by atoms with van der Waals surface area (Å²) in [5.41, 5.74) is 0. The van der Waals surface area contributed by atoms with Gasteiger partial charge >= 0.3 is 5.97 Å². The fourth-order valence-electron chi connectivity index (χ4n) is 1.52. The number of hydrogen-bond donors (Lipinski definition) is 3. The summed E-state index contributed by atoms with van der Waals surface area (Å²) in [6, 6.07) is -0.320. The second-order valence-electron chi connectivity index (χ2n) is 3.52. The molecule has 0 aromatic carbocycles. The molecule has 0 unspecified atom stereocenters. The Morgan fingerprint density at radius 2 is 2.14 bits per heavy atom. The lowest BCUT2D eigenvalue weighted by molar-refractivity contribution is -0.142. The van der Waals surface area contributed by atoms with Crippen LogP contribution in [-0.4, -0.2) is 44.9 Å². The lowest BCUT2D eigenvalue weighted by Gasteiger charge is -2.27. The van der Waals surface area contributed by atoms with E-state index in [2.05, 4.69) is 10.0 Å². The largest absolute Gasteiger partial charge is 0.481 e. The van der Waals surface area contributed by atoms with Crippen LogP contribution >= 0.6 is 0 Å². The van der Waals surface area contributed by atoms with Crippen LogP contribution in [-0.2, 0) is 14.8 Å². The van der Waals surface area contributed by atoms with E-state index in [1.165, 1.54) is 0 Å². The number of sulfonamides is 1. The second kappa shape index (κ2) is 4.24. The van der Waals surface area contributed by atoms with Gasteiger partial charge < -0.3 is 10.4 Å². The molecule has 1 aliphatic rings. The van der Waals surface area contributed by atoms with Crippen LogP contribution in [0.4, 0.5) is 0 Å². The molecule has 7 heteroatoms. The Labute approximate surface area is 82.7 Å². The van der Waals surface area contributed by atoms with Crippen LogP contribution in [0.5, 0.6) is 0 Å². The van der Waals surface area contributed by atoms with Gasteiger partial charge in [0.05, 0.1) is 12.2 Å². The standard InChI is InChI=1S/C7H14N2O4S/c1-14(12,13)9-6-2-5(7(10)11)3-8-4-6/h5-6,8-9H,2-4H2,1H3,(H,10,11)/t5-,6+/m1/s1. The van der Waals surface area contributed by atoms with Crippen molar-refractivity contribution in [3.63, 3.8) is 0 Å². The Morgan fingerprint density at radius 3 is 2.64 bits per heavy atom. The van der Waals surface area contributed by atoms with Crippen molar-refractivity contribution in [2.24, 2.45) is 5.92 Å². The molecule has 0 amide bonds. The van der Waals surface area contributed by atoms with Gasteiger partial charge in [-0.3, -0.25) is 4.79 Å². The molecule has 1 saturated heterocycles. The fraction of sp³-hybridized carbons (Fsp3) is 0.857. The molecular formula is C7H14N2O4S. The summed E-state index contributed by atoms with van der Waals surface area (Å²) >= 11 is 0. The minimum atomic E-state index is -3.26. The highest BCUT2D eigenvalue weighted by molar-refractivity contribution is 7.88. The molecule has 0 aliphatic carbocycles. The van der Waals surface area contributed by atoms with Gasteiger partial charge in [0.1, 0.15) is 0 Å². The highest BCUT2D eigenvalue weighted by Gasteiger charge is 2.27. The zero-order valence-electron chi connectivity index (χ0n) is 7.86. The predicted molar refractivity (Wildman–Crippen MR) is 50.4 cm³/mol. The molecule has 82 valence electrons. The number of carbonyl (C=O) groups is 1. The first-order valence-corrected chi connectivity index (χ1v) is 6.18. The van der Waals surface area contributed by atoms with E-state index in [0.717, 1.165) is 6.26 Å². The number of carboxylic acids is 1. The van der Waals surface area contributed by atoms with Crippen molar-refractivity contribution in [2.75, 3.05) is 19.3 Å². The average molecular weight is 222 g/mol. The third-order valence-corrected chi connectivity index (χ3v) is 2.84. The molecule has 1 fully saturated rings. The maximum absolute atomic E-state index is 10.9. The molecular weight excluding hydrogens is 208 g/mol. The van der Waals surface area contributed by atoms with Gasteiger partial charge in [0, 0.05) is 19.1 Å². The summed E-state index contributed by atoms with van der Waals surface area (Å²) in [4.78, 5) is 10.6. The Kier molecular flexibility index (Phi) is 3.46. The summed E-state index contributed by atoms with van der Waals surface area (Å²) in [5, 5.41) is 11.6. The van der Waals surface area contributed by atoms with Crippen molar-refractivity contribution in [2.45, 2.75) is 12.5 Å². The number of hydrogen-bond acceptors (Lipinski definition) is 4. The monoisotopic (exact) mass is 222 g/mol. The van der Waals surface area contributed by atoms with Crippen molar-refractivity contribution in [1.29, 1.82) is 0 Å². The number of carboxylic acid groups (broad SMARTS) is 1. The van der Waals surface area contributed by atoms with Gasteiger partial charge in [-0.05, 0) is 6.42 Å². The zero-order valence-corrected chi connectivity index (χ0v) is 8.67. The van der Waals surface area contributed by atoms with Gasteiger partial charge in [-0.25, -0.2) is 13.1 Å². The SMILES string of the molecule is CS(=O)(=O)N[C@@H]1CNC[C@H](C(=O)O)C1. The van der Waals surface area contributed by atoms with Crippen LogP contribution in [0, 0.1) is 5.92 Å². The molecule has 0 radical (unpaired) electrons. The smallest absolute Gasteiger partial charge is 0.307 e. The molecule has 1 aliphatic heterocycles. The summed E-state index contributed by atoms with van der Waals surface area (Å²) in [6.07, 6.45) is 1.41. The van der Waals surface area contributed by atoms with Gasteiger partial charge in [-0.2, -0.15) is 0 Å². The predicted octanol–water partition coefficient (Wildman–Crippen LogP) is -1.40. The quantitative estimate of drug-likeness (QED) is 0.546. The molecule has 0 saturated carbocycles. The normalized spacial score (nSPS) is 28.6. The highest BCUT2D eigenvalue weighted by Crippen LogP contribution is 2.11. The van der Waals surface area contributed by atoms with E-state index in [1.54, 1.807) is 0 Å². The van der Waals surface area contributed by atoms with Crippen molar-refractivity contribution in [3.8, 4) is 0 Å². The first kappa shape index (κ1) is 11.4. The summed E-state index contributed by atoms with van der Waals surface area (Å²) in [7, 11) is -3.26. The van der Waals surface area contributed by atoms with E-state index in [-0.39, 0.29) is 6.04 Å². The van der Waals surface area contributed by atoms with Crippen LogP contribution < -0.4 is 10.0 Å². The maximum atomic E-state index is 10.9. The first-order valence-electron chi connectivity index (χ1n) is 4.29. The number of rotatable bonds is 3. The minimum Gasteiger partial charge on any atom is -0.481 e. The molecule has 3 N–H and O–H groups in total. The molecule has 0 spiro atoms. The first-order chi connectivity index (χ1) is 6.38. The van der Waals surface area contributed by atoms with Gasteiger partial charge in [-0.15, -0.1) is 0 Å². The maximum Gasteiger partial charge on any atom is 0.307 e. The summed E-state index contributed by atoms with van der Waals surface area (Å²) < 4.78 is 24.2. The molecule has 0 aromatic rings. The Balaban J connectivity index is 2.52. The topological polar surface area (TPSA) is 95.5 Å². The number of aliphatic carboxylic acids is 1. The van der Waals surface area contributed by atoms with E-state index in [9.17, 15) is 13.2 Å². The number of piperidine rings is 1. The Hall–Kier alpha value is -0.660. The zero-order chi connectivity index (χ0) is 10.8. The summed E-state index contributed by atoms with van der Waals surface area (Å²) in [5.74, 6) is -1.40. The molecule has 0 bridgehead atoms. The van der Waals surface area contributed by atoms with E-state index >= 15 is 0 Å². The third-order valence-electron chi connectivity index (χ3n) is 2.08. The molecule has 1 rings (SSSR count). The van der Waals surface area contributed by atoms with E-state index in [4.69, 9.17) is 5.11 Å². The van der Waals surface area contributed by atoms with Crippen molar-refractivity contribution < 1.29 is 18.3 Å². The van der Waals surface area contributed by atoms with Gasteiger partial charge in [0.25, 0.3) is 0 Å². The van der Waals surface area contributed by atoms with Crippen LogP contribution in [0.2, 0.25) is 0 Å². The Morgan fingerprint density at radius 1 is 1.50 bits per heavy atom. The molecule has 0 aromatic heterocycles. The van der Waals surface area contributed by atoms with E-state index in [1.807, 2.05) is 0 Å². The van der Waals surface area contributed by atoms with Gasteiger partial charge in [0.15, 0.2) is 0 Å². The average Bonchev–Trinajstić information content (AvgIpc) is 2.01. The van der Waals surface area contributed by atoms with E-state index < -0.39 is 21.9 Å². The Bertz CT molecular complexity index is 314. The van der Waals surface area contributed by atoms with Crippen LogP contribution in [0.25, 0.3) is 0 Å². The van der Waals surface area contributed by atoms with Crippen LogP contribution in [0.1, 0.15) is 6.42 Å².